The molecule has 19 N–H and O–H groups in total. The fraction of sp³-hybridized carbons (Fsp3) is 0.650. The molecule has 2 rings (SSSR count). The van der Waals surface area contributed by atoms with Crippen molar-refractivity contribution in [3.05, 3.63) is 35.9 Å². The van der Waals surface area contributed by atoms with E-state index in [1.165, 1.54) is 6.92 Å². The molecule has 7 amide bonds. The van der Waals surface area contributed by atoms with E-state index in [4.69, 9.17) is 28.7 Å². The molecule has 1 aromatic rings. The Labute approximate surface area is 362 Å². The van der Waals surface area contributed by atoms with Gasteiger partial charge in [-0.25, -0.2) is 0 Å². The molecule has 62 heavy (non-hydrogen) atoms. The molecule has 1 aromatic carbocycles. The van der Waals surface area contributed by atoms with Gasteiger partial charge in [-0.3, -0.25) is 33.6 Å². The SMILES string of the molecule is CC(C)C[C@@H]1NC(=O)[C@@H](Cc2ccccc2)NC(=O)[C@H](CCN)NC(=O)[C@@H](NC(=O)C(CN)CN)CCNC(=O)[C@H]([C@@H](C)O)NC(=O)[C@H](CCN)NC[C@](C=O)(CCN)NC1=O. The summed E-state index contributed by atoms with van der Waals surface area (Å²) in [5, 5.41) is 31.9. The van der Waals surface area contributed by atoms with Crippen LogP contribution in [0.2, 0.25) is 0 Å². The summed E-state index contributed by atoms with van der Waals surface area (Å²) in [6, 6.07) is 0.830. The summed E-state index contributed by atoms with van der Waals surface area (Å²) >= 11 is 0. The number of benzene rings is 1. The van der Waals surface area contributed by atoms with Gasteiger partial charge in [0.05, 0.1) is 18.1 Å². The minimum atomic E-state index is -1.69. The highest BCUT2D eigenvalue weighted by atomic mass is 16.3. The molecular weight excluding hydrogens is 807 g/mol. The van der Waals surface area contributed by atoms with Crippen LogP contribution in [0.1, 0.15) is 58.4 Å². The van der Waals surface area contributed by atoms with Crippen LogP contribution in [0.25, 0.3) is 0 Å². The number of aldehydes is 1. The summed E-state index contributed by atoms with van der Waals surface area (Å²) in [7, 11) is 0. The zero-order valence-corrected chi connectivity index (χ0v) is 36.0. The molecule has 1 aliphatic rings. The fourth-order valence-corrected chi connectivity index (χ4v) is 6.70. The molecule has 0 unspecified atom stereocenters. The van der Waals surface area contributed by atoms with Gasteiger partial charge in [0.2, 0.25) is 41.4 Å². The second kappa shape index (κ2) is 27.1. The molecule has 1 saturated heterocycles. The van der Waals surface area contributed by atoms with Gasteiger partial charge in [-0.1, -0.05) is 44.2 Å². The summed E-state index contributed by atoms with van der Waals surface area (Å²) in [5.74, 6) is -6.49. The number of amides is 7. The van der Waals surface area contributed by atoms with Crippen LogP contribution in [0.5, 0.6) is 0 Å². The normalized spacial score (nSPS) is 26.0. The zero-order valence-electron chi connectivity index (χ0n) is 36.0. The average Bonchev–Trinajstić information content (AvgIpc) is 3.23. The van der Waals surface area contributed by atoms with Crippen molar-refractivity contribution in [2.75, 3.05) is 45.8 Å². The molecule has 22 heteroatoms. The Kier molecular flexibility index (Phi) is 23.2. The summed E-state index contributed by atoms with van der Waals surface area (Å²) < 4.78 is 0. The summed E-state index contributed by atoms with van der Waals surface area (Å²) in [6.45, 7) is 3.83. The van der Waals surface area contributed by atoms with Crippen LogP contribution in [0.3, 0.4) is 0 Å². The molecule has 0 aliphatic carbocycles. The second-order valence-corrected chi connectivity index (χ2v) is 15.9. The Balaban J connectivity index is 2.73. The molecule has 1 fully saturated rings. The number of hydrogen-bond acceptors (Lipinski definition) is 15. The second-order valence-electron chi connectivity index (χ2n) is 15.9. The first-order valence-electron chi connectivity index (χ1n) is 21.0. The van der Waals surface area contributed by atoms with Gasteiger partial charge in [0, 0.05) is 32.6 Å². The number of nitrogens with two attached hydrogens (primary N) is 5. The highest BCUT2D eigenvalue weighted by molar-refractivity contribution is 5.96. The topological polar surface area (TPSA) is 383 Å². The highest BCUT2D eigenvalue weighted by Gasteiger charge is 2.38. The third-order valence-corrected chi connectivity index (χ3v) is 10.3. The molecule has 8 atom stereocenters. The Morgan fingerprint density at radius 3 is 1.92 bits per heavy atom. The first kappa shape index (κ1) is 53.0. The Morgan fingerprint density at radius 2 is 1.35 bits per heavy atom. The van der Waals surface area contributed by atoms with Crippen molar-refractivity contribution in [1.29, 1.82) is 0 Å². The van der Waals surface area contributed by atoms with E-state index < -0.39 is 95.2 Å². The first-order chi connectivity index (χ1) is 29.5. The molecule has 1 heterocycles. The number of nitrogens with one attached hydrogen (secondary N) is 8. The maximum absolute atomic E-state index is 14.2. The largest absolute Gasteiger partial charge is 0.391 e. The highest BCUT2D eigenvalue weighted by Crippen LogP contribution is 2.13. The number of carbonyl (C=O) groups excluding carboxylic acids is 8. The van der Waals surface area contributed by atoms with Crippen LogP contribution in [0.4, 0.5) is 0 Å². The van der Waals surface area contributed by atoms with Gasteiger partial charge in [-0.2, -0.15) is 0 Å². The van der Waals surface area contributed by atoms with Crippen LogP contribution in [-0.4, -0.2) is 146 Å². The molecule has 0 radical (unpaired) electrons. The van der Waals surface area contributed by atoms with Crippen molar-refractivity contribution >= 4 is 47.6 Å². The number of carbonyl (C=O) groups is 8. The maximum atomic E-state index is 14.2. The monoisotopic (exact) mass is 876 g/mol. The van der Waals surface area contributed by atoms with Crippen molar-refractivity contribution in [2.24, 2.45) is 40.5 Å². The van der Waals surface area contributed by atoms with E-state index in [0.29, 0.717) is 11.8 Å². The smallest absolute Gasteiger partial charge is 0.245 e. The molecule has 348 valence electrons. The first-order valence-corrected chi connectivity index (χ1v) is 21.0. The van der Waals surface area contributed by atoms with E-state index in [1.54, 1.807) is 30.3 Å². The van der Waals surface area contributed by atoms with E-state index in [0.717, 1.165) is 0 Å². The fourth-order valence-electron chi connectivity index (χ4n) is 6.70. The molecule has 0 bridgehead atoms. The van der Waals surface area contributed by atoms with Crippen LogP contribution < -0.4 is 71.2 Å². The number of aliphatic hydroxyl groups is 1. The van der Waals surface area contributed by atoms with Crippen molar-refractivity contribution in [1.82, 2.24) is 42.5 Å². The van der Waals surface area contributed by atoms with Crippen molar-refractivity contribution in [3.8, 4) is 0 Å². The van der Waals surface area contributed by atoms with Crippen LogP contribution in [0, 0.1) is 11.8 Å². The molecule has 0 saturated carbocycles. The zero-order chi connectivity index (χ0) is 46.4. The van der Waals surface area contributed by atoms with Gasteiger partial charge in [-0.15, -0.1) is 0 Å². The summed E-state index contributed by atoms with van der Waals surface area (Å²) in [6.07, 6.45) is -1.32. The minimum Gasteiger partial charge on any atom is -0.391 e. The number of hydrogen-bond donors (Lipinski definition) is 14. The van der Waals surface area contributed by atoms with Gasteiger partial charge in [0.1, 0.15) is 42.0 Å². The number of aliphatic hydroxyl groups excluding tert-OH is 1. The van der Waals surface area contributed by atoms with Crippen molar-refractivity contribution < 1.29 is 43.5 Å². The van der Waals surface area contributed by atoms with Crippen LogP contribution in [0.15, 0.2) is 30.3 Å². The summed E-state index contributed by atoms with van der Waals surface area (Å²) in [4.78, 5) is 109. The van der Waals surface area contributed by atoms with Gasteiger partial charge < -0.3 is 81.1 Å². The predicted octanol–water partition coefficient (Wildman–Crippen LogP) is -5.81. The van der Waals surface area contributed by atoms with Crippen LogP contribution >= 0.6 is 0 Å². The molecule has 22 nitrogen and oxygen atoms in total. The van der Waals surface area contributed by atoms with Crippen molar-refractivity contribution in [2.45, 2.75) is 107 Å². The third kappa shape index (κ3) is 17.0. The Bertz CT molecular complexity index is 1630. The van der Waals surface area contributed by atoms with Crippen molar-refractivity contribution in [3.63, 3.8) is 0 Å². The standard InChI is InChI=1S/C40H69N13O9/c1-23(2)17-30-38(61)53-40(22-54,12-15-43)21-47-27(9-13-41)34(57)52-32(24(3)55)39(62)46-16-11-29(48-33(56)26(19-44)20-45)36(59)49-28(10-14-42)35(58)51-31(37(60)50-30)18-25-7-5-4-6-8-25/h4-8,22-24,26-32,47,55H,9-21,41-45H2,1-3H3,(H,46,62)(H,48,56)(H,49,59)(H,50,60)(H,51,58)(H,52,57)(H,53,61)/t24-,27+,28+,29+,30+,31-,32+,40+/m1/s1. The lowest BCUT2D eigenvalue weighted by atomic mass is 9.94. The summed E-state index contributed by atoms with van der Waals surface area (Å²) in [5.41, 5.74) is 28.0. The molecule has 0 spiro atoms. The minimum absolute atomic E-state index is 0.000277. The van der Waals surface area contributed by atoms with E-state index in [2.05, 4.69) is 42.5 Å². The lowest BCUT2D eigenvalue weighted by Gasteiger charge is -2.34. The lowest BCUT2D eigenvalue weighted by Crippen LogP contribution is -2.64. The van der Waals surface area contributed by atoms with E-state index in [9.17, 15) is 43.5 Å². The average molecular weight is 876 g/mol. The maximum Gasteiger partial charge on any atom is 0.245 e. The van der Waals surface area contributed by atoms with Gasteiger partial charge in [0.15, 0.2) is 0 Å². The molecular formula is C40H69N13O9. The third-order valence-electron chi connectivity index (χ3n) is 10.3. The van der Waals surface area contributed by atoms with Gasteiger partial charge in [-0.05, 0) is 70.1 Å². The van der Waals surface area contributed by atoms with Gasteiger partial charge in [0.25, 0.3) is 0 Å². The Morgan fingerprint density at radius 1 is 0.774 bits per heavy atom. The lowest BCUT2D eigenvalue weighted by molar-refractivity contribution is -0.135. The quantitative estimate of drug-likeness (QED) is 0.0688. The molecule has 0 aromatic heterocycles. The number of rotatable bonds is 16. The van der Waals surface area contributed by atoms with Crippen LogP contribution in [-0.2, 0) is 44.8 Å². The predicted molar refractivity (Wildman–Crippen MR) is 230 cm³/mol. The molecule has 1 aliphatic heterocycles. The van der Waals surface area contributed by atoms with E-state index >= 15 is 0 Å². The van der Waals surface area contributed by atoms with E-state index in [1.807, 2.05) is 13.8 Å². The van der Waals surface area contributed by atoms with Gasteiger partial charge >= 0.3 is 0 Å². The Hall–Kier alpha value is -5.10. The van der Waals surface area contributed by atoms with E-state index in [-0.39, 0.29) is 90.3 Å².